The lowest BCUT2D eigenvalue weighted by Crippen LogP contribution is -2.11. The number of carbonyl (C=O) groups excluding carboxylic acids is 2. The van der Waals surface area contributed by atoms with Gasteiger partial charge in [0, 0.05) is 12.8 Å². The van der Waals surface area contributed by atoms with Crippen LogP contribution < -0.4 is 0 Å². The minimum Gasteiger partial charge on any atom is -0.394 e. The third-order valence-corrected chi connectivity index (χ3v) is 2.34. The summed E-state index contributed by atoms with van der Waals surface area (Å²) in [5.74, 6) is -0.709. The van der Waals surface area contributed by atoms with Crippen molar-refractivity contribution in [3.8, 4) is 0 Å². The van der Waals surface area contributed by atoms with Crippen molar-refractivity contribution in [2.75, 3.05) is 13.2 Å². The summed E-state index contributed by atoms with van der Waals surface area (Å²) in [4.78, 5) is 22.0. The quantitative estimate of drug-likeness (QED) is 0.536. The highest BCUT2D eigenvalue weighted by Gasteiger charge is 2.10. The molecule has 1 aliphatic rings. The minimum atomic E-state index is -0.355. The smallest absolute Gasteiger partial charge is 0.313 e. The Labute approximate surface area is 102 Å². The Hall–Kier alpha value is -0.940. The van der Waals surface area contributed by atoms with E-state index in [-0.39, 0.29) is 25.2 Å². The zero-order chi connectivity index (χ0) is 12.9. The minimum absolute atomic E-state index is 0.125. The van der Waals surface area contributed by atoms with E-state index in [0.29, 0.717) is 12.8 Å². The van der Waals surface area contributed by atoms with Gasteiger partial charge in [-0.3, -0.25) is 9.59 Å². The number of cyclic esters (lactones) is 2. The zero-order valence-electron chi connectivity index (χ0n) is 10.2. The Morgan fingerprint density at radius 2 is 1.12 bits per heavy atom. The van der Waals surface area contributed by atoms with Crippen molar-refractivity contribution in [1.29, 1.82) is 0 Å². The van der Waals surface area contributed by atoms with Crippen molar-refractivity contribution >= 4 is 11.9 Å². The lowest BCUT2D eigenvalue weighted by Gasteiger charge is -2.00. The van der Waals surface area contributed by atoms with E-state index in [1.165, 1.54) is 12.8 Å². The van der Waals surface area contributed by atoms with E-state index in [9.17, 15) is 9.59 Å². The molecular formula is C12H22O5. The number of aliphatic hydroxyl groups excluding tert-OH is 2. The van der Waals surface area contributed by atoms with Crippen molar-refractivity contribution in [2.24, 2.45) is 0 Å². The average Bonchev–Trinajstić information content (AvgIpc) is 2.35. The monoisotopic (exact) mass is 246 g/mol. The first-order valence-corrected chi connectivity index (χ1v) is 6.16. The van der Waals surface area contributed by atoms with E-state index in [1.54, 1.807) is 0 Å². The molecule has 5 heteroatoms. The maximum atomic E-state index is 11.0. The highest BCUT2D eigenvalue weighted by molar-refractivity contribution is 5.85. The van der Waals surface area contributed by atoms with Crippen molar-refractivity contribution in [1.82, 2.24) is 0 Å². The number of hydrogen-bond donors (Lipinski definition) is 2. The summed E-state index contributed by atoms with van der Waals surface area (Å²) in [6.45, 7) is -0.250. The van der Waals surface area contributed by atoms with Gasteiger partial charge in [0.1, 0.15) is 0 Å². The largest absolute Gasteiger partial charge is 0.394 e. The number of aliphatic hydroxyl groups is 2. The molecule has 0 atom stereocenters. The van der Waals surface area contributed by atoms with E-state index in [4.69, 9.17) is 10.2 Å². The van der Waals surface area contributed by atoms with E-state index in [1.807, 2.05) is 0 Å². The van der Waals surface area contributed by atoms with Gasteiger partial charge in [-0.1, -0.05) is 25.7 Å². The van der Waals surface area contributed by atoms with Crippen LogP contribution in [0.25, 0.3) is 0 Å². The van der Waals surface area contributed by atoms with Crippen LogP contribution in [0.2, 0.25) is 0 Å². The van der Waals surface area contributed by atoms with Gasteiger partial charge in [-0.2, -0.15) is 0 Å². The Bertz CT molecular complexity index is 193. The second-order valence-corrected chi connectivity index (χ2v) is 3.91. The summed E-state index contributed by atoms with van der Waals surface area (Å²) in [6.07, 6.45) is 6.98. The van der Waals surface area contributed by atoms with Crippen LogP contribution in [0, 0.1) is 0 Å². The molecule has 0 spiro atoms. The topological polar surface area (TPSA) is 83.8 Å². The fourth-order valence-corrected chi connectivity index (χ4v) is 1.47. The molecule has 1 rings (SSSR count). The van der Waals surface area contributed by atoms with Gasteiger partial charge in [-0.25, -0.2) is 0 Å². The maximum absolute atomic E-state index is 11.0. The highest BCUT2D eigenvalue weighted by Crippen LogP contribution is 2.11. The van der Waals surface area contributed by atoms with Gasteiger partial charge in [-0.15, -0.1) is 0 Å². The van der Waals surface area contributed by atoms with Crippen LogP contribution in [-0.2, 0) is 14.3 Å². The molecule has 1 heterocycles. The van der Waals surface area contributed by atoms with E-state index >= 15 is 0 Å². The summed E-state index contributed by atoms with van der Waals surface area (Å²) >= 11 is 0. The normalized spacial score (nSPS) is 18.5. The number of hydrogen-bond acceptors (Lipinski definition) is 5. The SMILES string of the molecule is O=C1CCCCCCCCC(=O)O1.OCCO. The van der Waals surface area contributed by atoms with Gasteiger partial charge in [0.15, 0.2) is 0 Å². The van der Waals surface area contributed by atoms with E-state index < -0.39 is 0 Å². The van der Waals surface area contributed by atoms with Gasteiger partial charge < -0.3 is 14.9 Å². The summed E-state index contributed by atoms with van der Waals surface area (Å²) in [6, 6.07) is 0. The van der Waals surface area contributed by atoms with Gasteiger partial charge in [0.2, 0.25) is 0 Å². The Morgan fingerprint density at radius 1 is 0.765 bits per heavy atom. The van der Waals surface area contributed by atoms with Crippen molar-refractivity contribution < 1.29 is 24.5 Å². The number of esters is 2. The van der Waals surface area contributed by atoms with Gasteiger partial charge in [0.25, 0.3) is 0 Å². The molecule has 0 saturated carbocycles. The molecule has 0 aromatic rings. The van der Waals surface area contributed by atoms with Crippen LogP contribution in [-0.4, -0.2) is 35.4 Å². The lowest BCUT2D eigenvalue weighted by atomic mass is 10.1. The molecule has 1 aliphatic heterocycles. The summed E-state index contributed by atoms with van der Waals surface area (Å²) in [5, 5.41) is 15.2. The fourth-order valence-electron chi connectivity index (χ4n) is 1.47. The predicted octanol–water partition coefficient (Wildman–Crippen LogP) is 1.16. The first kappa shape index (κ1) is 16.1. The molecule has 2 N–H and O–H groups in total. The molecule has 5 nitrogen and oxygen atoms in total. The highest BCUT2D eigenvalue weighted by atomic mass is 16.6. The summed E-state index contributed by atoms with van der Waals surface area (Å²) < 4.78 is 4.60. The van der Waals surface area contributed by atoms with Crippen LogP contribution >= 0.6 is 0 Å². The van der Waals surface area contributed by atoms with Crippen LogP contribution in [0.15, 0.2) is 0 Å². The number of carbonyl (C=O) groups is 2. The van der Waals surface area contributed by atoms with Gasteiger partial charge in [-0.05, 0) is 12.8 Å². The van der Waals surface area contributed by atoms with Crippen LogP contribution in [0.5, 0.6) is 0 Å². The first-order chi connectivity index (χ1) is 8.20. The molecule has 0 radical (unpaired) electrons. The predicted molar refractivity (Wildman–Crippen MR) is 62.2 cm³/mol. The standard InChI is InChI=1S/C10H16O3.C2H6O2/c11-9-7-5-3-1-2-4-6-8-10(12)13-9;3-1-2-4/h1-8H2;3-4H,1-2H2. The maximum Gasteiger partial charge on any atom is 0.313 e. The molecule has 0 amide bonds. The van der Waals surface area contributed by atoms with Crippen LogP contribution in [0.1, 0.15) is 51.4 Å². The molecule has 1 saturated heterocycles. The lowest BCUT2D eigenvalue weighted by molar-refractivity contribution is -0.159. The van der Waals surface area contributed by atoms with Crippen molar-refractivity contribution in [3.63, 3.8) is 0 Å². The molecular weight excluding hydrogens is 224 g/mol. The molecule has 0 aromatic carbocycles. The fraction of sp³-hybridized carbons (Fsp3) is 0.833. The van der Waals surface area contributed by atoms with Crippen LogP contribution in [0.3, 0.4) is 0 Å². The molecule has 17 heavy (non-hydrogen) atoms. The van der Waals surface area contributed by atoms with E-state index in [0.717, 1.165) is 25.7 Å². The molecule has 0 unspecified atom stereocenters. The first-order valence-electron chi connectivity index (χ1n) is 6.16. The Morgan fingerprint density at radius 3 is 1.47 bits per heavy atom. The Kier molecular flexibility index (Phi) is 10.9. The van der Waals surface area contributed by atoms with Crippen LogP contribution in [0.4, 0.5) is 0 Å². The molecule has 0 aromatic heterocycles. The second kappa shape index (κ2) is 11.5. The molecule has 100 valence electrons. The summed E-state index contributed by atoms with van der Waals surface area (Å²) in [5.41, 5.74) is 0. The van der Waals surface area contributed by atoms with Crippen molar-refractivity contribution in [3.05, 3.63) is 0 Å². The van der Waals surface area contributed by atoms with Gasteiger partial charge in [0.05, 0.1) is 13.2 Å². The van der Waals surface area contributed by atoms with E-state index in [2.05, 4.69) is 4.74 Å². The van der Waals surface area contributed by atoms with Crippen molar-refractivity contribution in [2.45, 2.75) is 51.4 Å². The third kappa shape index (κ3) is 11.3. The number of ether oxygens (including phenoxy) is 1. The molecule has 1 fully saturated rings. The third-order valence-electron chi connectivity index (χ3n) is 2.34. The Balaban J connectivity index is 0.000000557. The molecule has 0 aliphatic carbocycles. The van der Waals surface area contributed by atoms with Gasteiger partial charge >= 0.3 is 11.9 Å². The zero-order valence-corrected chi connectivity index (χ0v) is 10.2. The summed E-state index contributed by atoms with van der Waals surface area (Å²) in [7, 11) is 0. The molecule has 0 bridgehead atoms. The number of rotatable bonds is 1. The second-order valence-electron chi connectivity index (χ2n) is 3.91. The average molecular weight is 246 g/mol.